The highest BCUT2D eigenvalue weighted by Crippen LogP contribution is 2.40. The molecule has 1 heterocycles. The second kappa shape index (κ2) is 6.45. The van der Waals surface area contributed by atoms with Gasteiger partial charge in [-0.05, 0) is 36.6 Å². The fourth-order valence-electron chi connectivity index (χ4n) is 2.05. The van der Waals surface area contributed by atoms with Crippen molar-refractivity contribution < 1.29 is 13.9 Å². The van der Waals surface area contributed by atoms with Crippen LogP contribution in [0.2, 0.25) is 5.02 Å². The molecule has 2 N–H and O–H groups in total. The SMILES string of the molecule is CCOC(=O)c1sc(-c2ccc(F)c(Cl)c2)c(CC)c1N. The Morgan fingerprint density at radius 1 is 1.43 bits per heavy atom. The number of ether oxygens (including phenoxy) is 1. The van der Waals surface area contributed by atoms with Crippen molar-refractivity contribution in [1.29, 1.82) is 0 Å². The molecule has 2 rings (SSSR count). The van der Waals surface area contributed by atoms with E-state index in [4.69, 9.17) is 22.1 Å². The first-order valence-electron chi connectivity index (χ1n) is 6.53. The van der Waals surface area contributed by atoms with E-state index in [-0.39, 0.29) is 11.6 Å². The first-order chi connectivity index (χ1) is 9.99. The summed E-state index contributed by atoms with van der Waals surface area (Å²) in [6.45, 7) is 3.97. The van der Waals surface area contributed by atoms with E-state index in [0.29, 0.717) is 17.0 Å². The van der Waals surface area contributed by atoms with Gasteiger partial charge in [0.2, 0.25) is 0 Å². The number of thiophene rings is 1. The second-order valence-electron chi connectivity index (χ2n) is 4.36. The summed E-state index contributed by atoms with van der Waals surface area (Å²) in [6.07, 6.45) is 0.659. The lowest BCUT2D eigenvalue weighted by atomic mass is 10.1. The summed E-state index contributed by atoms with van der Waals surface area (Å²) >= 11 is 7.07. The molecular formula is C15H15ClFNO2S. The first kappa shape index (κ1) is 15.8. The lowest BCUT2D eigenvalue weighted by Crippen LogP contribution is -2.05. The van der Waals surface area contributed by atoms with Crippen LogP contribution in [0.15, 0.2) is 18.2 Å². The maximum atomic E-state index is 13.3. The van der Waals surface area contributed by atoms with Crippen molar-refractivity contribution in [3.05, 3.63) is 39.5 Å². The molecule has 1 aromatic carbocycles. The molecule has 0 radical (unpaired) electrons. The number of nitrogen functional groups attached to an aromatic ring is 1. The smallest absolute Gasteiger partial charge is 0.350 e. The number of halogens is 2. The van der Waals surface area contributed by atoms with Gasteiger partial charge >= 0.3 is 5.97 Å². The van der Waals surface area contributed by atoms with Gasteiger partial charge in [-0.15, -0.1) is 11.3 Å². The van der Waals surface area contributed by atoms with Gasteiger partial charge in [0, 0.05) is 4.88 Å². The summed E-state index contributed by atoms with van der Waals surface area (Å²) in [5.74, 6) is -0.914. The fraction of sp³-hybridized carbons (Fsp3) is 0.267. The van der Waals surface area contributed by atoms with Crippen molar-refractivity contribution in [3.63, 3.8) is 0 Å². The van der Waals surface area contributed by atoms with Gasteiger partial charge in [-0.25, -0.2) is 9.18 Å². The normalized spacial score (nSPS) is 10.7. The maximum Gasteiger partial charge on any atom is 0.350 e. The van der Waals surface area contributed by atoms with Crippen LogP contribution in [0.1, 0.15) is 29.1 Å². The van der Waals surface area contributed by atoms with Crippen molar-refractivity contribution in [2.45, 2.75) is 20.3 Å². The molecule has 0 spiro atoms. The van der Waals surface area contributed by atoms with Gasteiger partial charge in [0.15, 0.2) is 0 Å². The van der Waals surface area contributed by atoms with E-state index < -0.39 is 11.8 Å². The Balaban J connectivity index is 2.55. The van der Waals surface area contributed by atoms with Gasteiger partial charge in [-0.3, -0.25) is 0 Å². The summed E-state index contributed by atoms with van der Waals surface area (Å²) in [7, 11) is 0. The molecule has 1 aromatic heterocycles. The Bertz CT molecular complexity index is 685. The van der Waals surface area contributed by atoms with Crippen LogP contribution < -0.4 is 5.73 Å². The minimum absolute atomic E-state index is 0.0409. The number of rotatable bonds is 4. The van der Waals surface area contributed by atoms with Crippen LogP contribution in [0, 0.1) is 5.82 Å². The van der Waals surface area contributed by atoms with E-state index >= 15 is 0 Å². The number of benzene rings is 1. The predicted molar refractivity (Wildman–Crippen MR) is 84.5 cm³/mol. The van der Waals surface area contributed by atoms with E-state index in [1.165, 1.54) is 23.5 Å². The Morgan fingerprint density at radius 2 is 2.14 bits per heavy atom. The topological polar surface area (TPSA) is 52.3 Å². The monoisotopic (exact) mass is 327 g/mol. The molecule has 21 heavy (non-hydrogen) atoms. The van der Waals surface area contributed by atoms with Crippen molar-refractivity contribution in [3.8, 4) is 10.4 Å². The molecule has 6 heteroatoms. The fourth-order valence-corrected chi connectivity index (χ4v) is 3.43. The molecule has 0 fully saturated rings. The van der Waals surface area contributed by atoms with Gasteiger partial charge in [-0.2, -0.15) is 0 Å². The molecule has 0 aliphatic heterocycles. The largest absolute Gasteiger partial charge is 0.462 e. The van der Waals surface area contributed by atoms with E-state index in [9.17, 15) is 9.18 Å². The third kappa shape index (κ3) is 3.04. The molecule has 0 aliphatic carbocycles. The van der Waals surface area contributed by atoms with Crippen LogP contribution in [-0.2, 0) is 11.2 Å². The quantitative estimate of drug-likeness (QED) is 0.839. The lowest BCUT2D eigenvalue weighted by molar-refractivity contribution is 0.0533. The summed E-state index contributed by atoms with van der Waals surface area (Å²) in [5.41, 5.74) is 8.07. The van der Waals surface area contributed by atoms with E-state index in [2.05, 4.69) is 0 Å². The average molecular weight is 328 g/mol. The Hall–Kier alpha value is -1.59. The molecule has 0 saturated carbocycles. The molecule has 0 unspecified atom stereocenters. The van der Waals surface area contributed by atoms with Gasteiger partial charge in [0.05, 0.1) is 17.3 Å². The molecule has 0 amide bonds. The number of carbonyl (C=O) groups is 1. The summed E-state index contributed by atoms with van der Waals surface area (Å²) in [5, 5.41) is 0.0409. The molecule has 0 aliphatic rings. The Labute approximate surface area is 131 Å². The third-order valence-electron chi connectivity index (χ3n) is 3.04. The van der Waals surface area contributed by atoms with Gasteiger partial charge in [0.1, 0.15) is 10.7 Å². The van der Waals surface area contributed by atoms with Gasteiger partial charge < -0.3 is 10.5 Å². The number of hydrogen-bond acceptors (Lipinski definition) is 4. The minimum Gasteiger partial charge on any atom is -0.462 e. The van der Waals surface area contributed by atoms with Crippen molar-refractivity contribution in [2.75, 3.05) is 12.3 Å². The zero-order valence-corrected chi connectivity index (χ0v) is 13.3. The molecule has 0 atom stereocenters. The van der Waals surface area contributed by atoms with E-state index in [1.54, 1.807) is 13.0 Å². The highest BCUT2D eigenvalue weighted by atomic mass is 35.5. The van der Waals surface area contributed by atoms with E-state index in [0.717, 1.165) is 16.0 Å². The van der Waals surface area contributed by atoms with Gasteiger partial charge in [-0.1, -0.05) is 24.6 Å². The first-order valence-corrected chi connectivity index (χ1v) is 7.72. The molecule has 0 bridgehead atoms. The minimum atomic E-state index is -0.478. The lowest BCUT2D eigenvalue weighted by Gasteiger charge is -2.04. The molecule has 0 saturated heterocycles. The molecule has 112 valence electrons. The van der Waals surface area contributed by atoms with Crippen LogP contribution in [-0.4, -0.2) is 12.6 Å². The number of hydrogen-bond donors (Lipinski definition) is 1. The van der Waals surface area contributed by atoms with Gasteiger partial charge in [0.25, 0.3) is 0 Å². The highest BCUT2D eigenvalue weighted by molar-refractivity contribution is 7.18. The number of anilines is 1. The molecule has 3 nitrogen and oxygen atoms in total. The number of carbonyl (C=O) groups excluding carboxylic acids is 1. The predicted octanol–water partition coefficient (Wildman–Crippen LogP) is 4.53. The standard InChI is InChI=1S/C15H15ClFNO2S/c1-3-9-12(18)14(15(19)20-4-2)21-13(9)8-5-6-11(17)10(16)7-8/h5-7H,3-4,18H2,1-2H3. The van der Waals surface area contributed by atoms with Crippen molar-refractivity contribution in [1.82, 2.24) is 0 Å². The van der Waals surface area contributed by atoms with Crippen molar-refractivity contribution in [2.24, 2.45) is 0 Å². The molecular weight excluding hydrogens is 313 g/mol. The van der Waals surface area contributed by atoms with Crippen LogP contribution in [0.4, 0.5) is 10.1 Å². The Morgan fingerprint density at radius 3 is 2.71 bits per heavy atom. The number of nitrogens with two attached hydrogens (primary N) is 1. The van der Waals surface area contributed by atoms with E-state index in [1.807, 2.05) is 6.92 Å². The zero-order valence-electron chi connectivity index (χ0n) is 11.7. The zero-order chi connectivity index (χ0) is 15.6. The maximum absolute atomic E-state index is 13.3. The van der Waals surface area contributed by atoms with Crippen LogP contribution in [0.5, 0.6) is 0 Å². The number of esters is 1. The summed E-state index contributed by atoms with van der Waals surface area (Å²) in [4.78, 5) is 13.1. The van der Waals surface area contributed by atoms with Crippen LogP contribution in [0.25, 0.3) is 10.4 Å². The average Bonchev–Trinajstić information content (AvgIpc) is 2.79. The Kier molecular flexibility index (Phi) is 4.85. The second-order valence-corrected chi connectivity index (χ2v) is 5.78. The molecule has 2 aromatic rings. The van der Waals surface area contributed by atoms with Crippen LogP contribution >= 0.6 is 22.9 Å². The summed E-state index contributed by atoms with van der Waals surface area (Å²) < 4.78 is 18.3. The highest BCUT2D eigenvalue weighted by Gasteiger charge is 2.22. The van der Waals surface area contributed by atoms with Crippen LogP contribution in [0.3, 0.4) is 0 Å². The third-order valence-corrected chi connectivity index (χ3v) is 4.61. The summed E-state index contributed by atoms with van der Waals surface area (Å²) in [6, 6.07) is 4.47. The van der Waals surface area contributed by atoms with Crippen molar-refractivity contribution >= 4 is 34.6 Å².